The molecule has 1 N–H and O–H groups in total. The van der Waals surface area contributed by atoms with E-state index in [1.807, 2.05) is 37.4 Å². The molecule has 2 aromatic carbocycles. The first-order chi connectivity index (χ1) is 14.9. The number of carbonyl (C=O) groups is 2. The molecule has 8 heteroatoms. The van der Waals surface area contributed by atoms with Gasteiger partial charge in [0.05, 0.1) is 16.4 Å². The predicted octanol–water partition coefficient (Wildman–Crippen LogP) is 4.79. The second kappa shape index (κ2) is 8.47. The fourth-order valence-electron chi connectivity index (χ4n) is 3.49. The van der Waals surface area contributed by atoms with Crippen molar-refractivity contribution >= 4 is 34.5 Å². The summed E-state index contributed by atoms with van der Waals surface area (Å²) >= 11 is 1.54. The number of rotatable bonds is 5. The number of anilines is 2. The van der Waals surface area contributed by atoms with Gasteiger partial charge in [-0.25, -0.2) is 9.37 Å². The van der Waals surface area contributed by atoms with Crippen LogP contribution in [0.25, 0.3) is 11.3 Å². The quantitative estimate of drug-likeness (QED) is 0.621. The summed E-state index contributed by atoms with van der Waals surface area (Å²) in [4.78, 5) is 32.1. The van der Waals surface area contributed by atoms with Crippen LogP contribution in [0.5, 0.6) is 5.75 Å². The Morgan fingerprint density at radius 2 is 2.03 bits per heavy atom. The molecule has 2 amide bonds. The lowest BCUT2D eigenvalue weighted by Gasteiger charge is -2.37. The van der Waals surface area contributed by atoms with Crippen LogP contribution >= 0.6 is 11.3 Å². The highest BCUT2D eigenvalue weighted by molar-refractivity contribution is 7.09. The van der Waals surface area contributed by atoms with Gasteiger partial charge in [-0.15, -0.1) is 11.3 Å². The minimum atomic E-state index is -0.804. The highest BCUT2D eigenvalue weighted by atomic mass is 32.1. The second-order valence-corrected chi connectivity index (χ2v) is 8.39. The molecular weight excluding hydrogens is 417 g/mol. The van der Waals surface area contributed by atoms with Gasteiger partial charge >= 0.3 is 0 Å². The highest BCUT2D eigenvalue weighted by Crippen LogP contribution is 2.39. The molecule has 1 aliphatic rings. The van der Waals surface area contributed by atoms with E-state index in [0.717, 1.165) is 16.3 Å². The molecule has 160 valence electrons. The van der Waals surface area contributed by atoms with E-state index >= 15 is 0 Å². The summed E-state index contributed by atoms with van der Waals surface area (Å²) in [6, 6.07) is 10.2. The van der Waals surface area contributed by atoms with Crippen molar-refractivity contribution in [3.63, 3.8) is 0 Å². The van der Waals surface area contributed by atoms with Crippen LogP contribution in [0.2, 0.25) is 0 Å². The largest absolute Gasteiger partial charge is 0.478 e. The van der Waals surface area contributed by atoms with Crippen LogP contribution in [0, 0.1) is 12.7 Å². The Morgan fingerprint density at radius 3 is 2.68 bits per heavy atom. The van der Waals surface area contributed by atoms with Crippen molar-refractivity contribution in [3.8, 4) is 17.0 Å². The zero-order valence-electron chi connectivity index (χ0n) is 17.4. The molecular formula is C23H22FN3O3S. The van der Waals surface area contributed by atoms with E-state index in [-0.39, 0.29) is 17.6 Å². The number of ether oxygens (including phenoxy) is 1. The summed E-state index contributed by atoms with van der Waals surface area (Å²) < 4.78 is 19.1. The van der Waals surface area contributed by atoms with Gasteiger partial charge < -0.3 is 10.1 Å². The Hall–Kier alpha value is -3.26. The van der Waals surface area contributed by atoms with Gasteiger partial charge in [-0.2, -0.15) is 0 Å². The minimum absolute atomic E-state index is 0.275. The van der Waals surface area contributed by atoms with Crippen molar-refractivity contribution in [2.75, 3.05) is 10.2 Å². The number of nitrogens with zero attached hydrogens (tertiary/aromatic N) is 2. The van der Waals surface area contributed by atoms with E-state index in [4.69, 9.17) is 4.74 Å². The predicted molar refractivity (Wildman–Crippen MR) is 119 cm³/mol. The number of carbonyl (C=O) groups excluding carboxylic acids is 2. The number of hydrogen-bond acceptors (Lipinski definition) is 5. The molecule has 0 saturated carbocycles. The van der Waals surface area contributed by atoms with E-state index in [1.165, 1.54) is 29.2 Å². The second-order valence-electron chi connectivity index (χ2n) is 7.33. The maximum atomic E-state index is 13.2. The third kappa shape index (κ3) is 4.16. The molecule has 1 aromatic heterocycles. The van der Waals surface area contributed by atoms with E-state index in [9.17, 15) is 14.0 Å². The molecule has 0 aliphatic carbocycles. The van der Waals surface area contributed by atoms with Crippen molar-refractivity contribution in [2.24, 2.45) is 0 Å². The normalized spacial score (nSPS) is 16.5. The van der Waals surface area contributed by atoms with Crippen LogP contribution < -0.4 is 15.0 Å². The van der Waals surface area contributed by atoms with E-state index in [0.29, 0.717) is 23.5 Å². The summed E-state index contributed by atoms with van der Waals surface area (Å²) in [7, 11) is 0. The molecule has 4 rings (SSSR count). The van der Waals surface area contributed by atoms with Gasteiger partial charge in [-0.05, 0) is 62.7 Å². The average molecular weight is 440 g/mol. The van der Waals surface area contributed by atoms with Crippen LogP contribution in [0.1, 0.15) is 25.3 Å². The van der Waals surface area contributed by atoms with Gasteiger partial charge in [0.25, 0.3) is 5.91 Å². The number of amides is 2. The number of aromatic nitrogens is 1. The van der Waals surface area contributed by atoms with Gasteiger partial charge in [0.2, 0.25) is 5.91 Å². The van der Waals surface area contributed by atoms with E-state index < -0.39 is 12.1 Å². The molecule has 2 heterocycles. The lowest BCUT2D eigenvalue weighted by Crippen LogP contribution is -2.53. The summed E-state index contributed by atoms with van der Waals surface area (Å²) in [6.45, 7) is 5.46. The number of halogens is 1. The molecule has 0 radical (unpaired) electrons. The molecule has 2 unspecified atom stereocenters. The van der Waals surface area contributed by atoms with Crippen LogP contribution in [0.3, 0.4) is 0 Å². The number of fused-ring (bicyclic) bond motifs is 1. The maximum Gasteiger partial charge on any atom is 0.268 e. The number of thiazole rings is 1. The number of hydrogen-bond donors (Lipinski definition) is 1. The smallest absolute Gasteiger partial charge is 0.268 e. The van der Waals surface area contributed by atoms with Gasteiger partial charge in [-0.3, -0.25) is 14.5 Å². The number of benzene rings is 2. The molecule has 3 aromatic rings. The Bertz CT molecular complexity index is 1130. The van der Waals surface area contributed by atoms with Crippen molar-refractivity contribution in [1.29, 1.82) is 0 Å². The average Bonchev–Trinajstić information content (AvgIpc) is 3.20. The molecule has 0 fully saturated rings. The van der Waals surface area contributed by atoms with Crippen molar-refractivity contribution in [1.82, 2.24) is 4.98 Å². The molecule has 2 atom stereocenters. The molecule has 31 heavy (non-hydrogen) atoms. The summed E-state index contributed by atoms with van der Waals surface area (Å²) in [5.74, 6) is -0.497. The molecule has 0 spiro atoms. The Labute approximate surface area is 183 Å². The van der Waals surface area contributed by atoms with Crippen molar-refractivity contribution in [2.45, 2.75) is 39.3 Å². The third-order valence-corrected chi connectivity index (χ3v) is 5.94. The van der Waals surface area contributed by atoms with Crippen LogP contribution in [-0.2, 0) is 9.59 Å². The highest BCUT2D eigenvalue weighted by Gasteiger charge is 2.38. The lowest BCUT2D eigenvalue weighted by atomic mass is 10.0. The molecule has 1 aliphatic heterocycles. The minimum Gasteiger partial charge on any atom is -0.478 e. The lowest BCUT2D eigenvalue weighted by molar-refractivity contribution is -0.129. The van der Waals surface area contributed by atoms with Crippen LogP contribution in [-0.4, -0.2) is 28.9 Å². The van der Waals surface area contributed by atoms with Gasteiger partial charge in [0.15, 0.2) is 6.10 Å². The van der Waals surface area contributed by atoms with Crippen LogP contribution in [0.15, 0.2) is 47.8 Å². The van der Waals surface area contributed by atoms with Gasteiger partial charge in [0.1, 0.15) is 17.6 Å². The zero-order chi connectivity index (χ0) is 22.1. The first kappa shape index (κ1) is 21.0. The number of aryl methyl sites for hydroxylation is 1. The fraction of sp³-hybridized carbons (Fsp3) is 0.261. The van der Waals surface area contributed by atoms with Crippen molar-refractivity contribution in [3.05, 3.63) is 58.7 Å². The van der Waals surface area contributed by atoms with Gasteiger partial charge in [-0.1, -0.05) is 6.92 Å². The summed E-state index contributed by atoms with van der Waals surface area (Å²) in [5, 5.41) is 5.64. The third-order valence-electron chi connectivity index (χ3n) is 5.16. The maximum absolute atomic E-state index is 13.2. The Kier molecular flexibility index (Phi) is 5.73. The Balaban J connectivity index is 1.68. The fourth-order valence-corrected chi connectivity index (χ4v) is 4.11. The van der Waals surface area contributed by atoms with E-state index in [2.05, 4.69) is 10.3 Å². The van der Waals surface area contributed by atoms with Gasteiger partial charge in [0, 0.05) is 16.6 Å². The SMILES string of the molecule is CCC1Oc2ccc(-c3csc(C)n3)cc2N(C(C)C(=O)Nc2ccc(F)cc2)C1=O. The Morgan fingerprint density at radius 1 is 1.29 bits per heavy atom. The summed E-state index contributed by atoms with van der Waals surface area (Å²) in [5.41, 5.74) is 2.63. The molecule has 0 saturated heterocycles. The molecule has 0 bridgehead atoms. The van der Waals surface area contributed by atoms with E-state index in [1.54, 1.807) is 18.3 Å². The monoisotopic (exact) mass is 439 g/mol. The standard InChI is InChI=1S/C23H22FN3O3S/c1-4-20-23(29)27(13(2)22(28)26-17-8-6-16(24)7-9-17)19-11-15(5-10-21(19)30-20)18-12-31-14(3)25-18/h5-13,20H,4H2,1-3H3,(H,26,28). The van der Waals surface area contributed by atoms with Crippen molar-refractivity contribution < 1.29 is 18.7 Å². The first-order valence-corrected chi connectivity index (χ1v) is 10.9. The summed E-state index contributed by atoms with van der Waals surface area (Å²) in [6.07, 6.45) is -0.186. The molecule has 6 nitrogen and oxygen atoms in total. The van der Waals surface area contributed by atoms with Crippen LogP contribution in [0.4, 0.5) is 15.8 Å². The number of nitrogens with one attached hydrogen (secondary N) is 1. The zero-order valence-corrected chi connectivity index (χ0v) is 18.2. The first-order valence-electron chi connectivity index (χ1n) is 10.00. The topological polar surface area (TPSA) is 71.5 Å².